The number of halogens is 3. The maximum absolute atomic E-state index is 15.2. The van der Waals surface area contributed by atoms with Crippen LogP contribution in [0.1, 0.15) is 112 Å². The molecule has 7 fully saturated rings. The van der Waals surface area contributed by atoms with Crippen LogP contribution < -0.4 is 15.6 Å². The fraction of sp³-hybridized carbons (Fsp3) is 0.667. The number of likely N-dealkylation sites (tertiary alicyclic amines) is 2. The number of anilines is 1. The number of carbonyl (C=O) groups excluding carboxylic acids is 4. The summed E-state index contributed by atoms with van der Waals surface area (Å²) in [6.07, 6.45) is 3.45. The van der Waals surface area contributed by atoms with Gasteiger partial charge < -0.3 is 29.2 Å². The monoisotopic (exact) mass is 1140 g/mol. The highest BCUT2D eigenvalue weighted by atomic mass is 32.1. The number of piperazine rings is 1. The van der Waals surface area contributed by atoms with E-state index < -0.39 is 67.3 Å². The minimum absolute atomic E-state index is 0.0118. The fourth-order valence-corrected chi connectivity index (χ4v) is 14.9. The third-order valence-corrected chi connectivity index (χ3v) is 19.6. The molecule has 8 aliphatic rings. The van der Waals surface area contributed by atoms with E-state index in [1.165, 1.54) is 38.7 Å². The zero-order chi connectivity index (χ0) is 59.4. The predicted molar refractivity (Wildman–Crippen MR) is 303 cm³/mol. The number of hydrogen-bond acceptors (Lipinski definition) is 14. The van der Waals surface area contributed by atoms with E-state index in [-0.39, 0.29) is 61.1 Å². The molecular formula is C60H80F3N11O6S. The van der Waals surface area contributed by atoms with Crippen molar-refractivity contribution >= 4 is 51.6 Å². The Hall–Kier alpha value is -5.19. The lowest BCUT2D eigenvalue weighted by Crippen LogP contribution is -2.62. The van der Waals surface area contributed by atoms with E-state index in [1.54, 1.807) is 25.4 Å². The first-order valence-corrected chi connectivity index (χ1v) is 30.3. The van der Waals surface area contributed by atoms with Crippen molar-refractivity contribution in [3.05, 3.63) is 52.1 Å². The quantitative estimate of drug-likeness (QED) is 0.110. The number of amides is 3. The van der Waals surface area contributed by atoms with Crippen LogP contribution in [-0.4, -0.2) is 185 Å². The van der Waals surface area contributed by atoms with Gasteiger partial charge in [0.05, 0.1) is 52.7 Å². The number of nitrogens with one attached hydrogen (secondary N) is 2. The number of likely N-dealkylation sites (N-methyl/N-ethyl adjacent to an activating group) is 1. The summed E-state index contributed by atoms with van der Waals surface area (Å²) in [5, 5.41) is 7.56. The van der Waals surface area contributed by atoms with Gasteiger partial charge in [-0.2, -0.15) is 13.2 Å². The molecule has 3 aromatic heterocycles. The number of rotatable bonds is 12. The third kappa shape index (κ3) is 11.5. The molecule has 9 heterocycles. The van der Waals surface area contributed by atoms with Gasteiger partial charge in [0.15, 0.2) is 0 Å². The number of hydrazine groups is 1. The van der Waals surface area contributed by atoms with Crippen molar-refractivity contribution in [1.82, 2.24) is 49.9 Å². The van der Waals surface area contributed by atoms with E-state index in [4.69, 9.17) is 23.6 Å². The van der Waals surface area contributed by atoms with Gasteiger partial charge in [-0.3, -0.25) is 43.9 Å². The molecule has 3 amide bonds. The lowest BCUT2D eigenvalue weighted by Gasteiger charge is -2.37. The van der Waals surface area contributed by atoms with Gasteiger partial charge >= 0.3 is 12.1 Å². The molecule has 5 saturated heterocycles. The summed E-state index contributed by atoms with van der Waals surface area (Å²) in [5.74, 6) is -1.40. The maximum atomic E-state index is 15.2. The number of esters is 1. The number of ether oxygens (including phenoxy) is 2. The SMILES string of the molecule is [2H]C([2H])([2H])N1[C@H](C2CC2)[C@@H]1C(=O)N1CC[C@]2(CCN([C@H](C(=O)N[C@H]3Cc4nc(cs4)-c4ccc5c(c4)c(c(-c4cc(N6CCN(C7CC7)CC6)cnc4[C@H](C)OC)n5CC(F)(F)F)CC(C)(C)COC(=O)[C@@H]4CCCN(N4)C3=O)C(C)C)C2)C1. The van der Waals surface area contributed by atoms with Gasteiger partial charge in [-0.1, -0.05) is 33.8 Å². The van der Waals surface area contributed by atoms with Crippen LogP contribution in [0.25, 0.3) is 33.4 Å². The Kier molecular flexibility index (Phi) is 14.1. The van der Waals surface area contributed by atoms with Gasteiger partial charge in [0, 0.05) is 120 Å². The van der Waals surface area contributed by atoms with Crippen molar-refractivity contribution in [2.75, 3.05) is 84.5 Å². The van der Waals surface area contributed by atoms with Crippen LogP contribution in [0.3, 0.4) is 0 Å². The molecule has 438 valence electrons. The molecule has 2 N–H and O–H groups in total. The Morgan fingerprint density at radius 3 is 2.49 bits per heavy atom. The minimum Gasteiger partial charge on any atom is -0.464 e. The first-order chi connectivity index (χ1) is 39.9. The third-order valence-electron chi connectivity index (χ3n) is 18.7. The number of thiazole rings is 1. The molecule has 8 atom stereocenters. The summed E-state index contributed by atoms with van der Waals surface area (Å²) < 4.78 is 83.2. The van der Waals surface area contributed by atoms with Gasteiger partial charge in [-0.05, 0) is 114 Å². The molecule has 4 aromatic rings. The summed E-state index contributed by atoms with van der Waals surface area (Å²) in [5.41, 5.74) is 6.45. The molecule has 1 aromatic carbocycles. The number of fused-ring (bicyclic) bond motifs is 6. The van der Waals surface area contributed by atoms with Crippen LogP contribution in [0.4, 0.5) is 18.9 Å². The number of methoxy groups -OCH3 is 1. The molecular weight excluding hydrogens is 1060 g/mol. The Balaban J connectivity index is 0.863. The Morgan fingerprint density at radius 2 is 1.78 bits per heavy atom. The van der Waals surface area contributed by atoms with Gasteiger partial charge in [-0.15, -0.1) is 11.3 Å². The van der Waals surface area contributed by atoms with E-state index in [0.717, 1.165) is 57.5 Å². The van der Waals surface area contributed by atoms with Gasteiger partial charge in [-0.25, -0.2) is 10.4 Å². The van der Waals surface area contributed by atoms with E-state index in [1.807, 2.05) is 57.0 Å². The van der Waals surface area contributed by atoms with Gasteiger partial charge in [0.2, 0.25) is 11.8 Å². The molecule has 0 radical (unpaired) electrons. The average Bonchev–Trinajstić information content (AvgIpc) is 2.36. The molecule has 2 saturated carbocycles. The highest BCUT2D eigenvalue weighted by Gasteiger charge is 2.59. The van der Waals surface area contributed by atoms with Crippen LogP contribution in [0, 0.1) is 22.7 Å². The number of carbonyl (C=O) groups is 4. The van der Waals surface area contributed by atoms with Crippen molar-refractivity contribution in [2.45, 2.75) is 154 Å². The maximum Gasteiger partial charge on any atom is 0.406 e. The van der Waals surface area contributed by atoms with Gasteiger partial charge in [0.1, 0.15) is 24.7 Å². The number of cyclic esters (lactones) is 1. The van der Waals surface area contributed by atoms with E-state index in [2.05, 4.69) is 25.4 Å². The normalized spacial score (nSPS) is 29.1. The molecule has 12 rings (SSSR count). The van der Waals surface area contributed by atoms with Crippen LogP contribution in [0.5, 0.6) is 0 Å². The second kappa shape index (κ2) is 21.8. The Morgan fingerprint density at radius 1 is 1.00 bits per heavy atom. The smallest absolute Gasteiger partial charge is 0.406 e. The van der Waals surface area contributed by atoms with Gasteiger partial charge in [0.25, 0.3) is 5.91 Å². The molecule has 1 spiro atoms. The van der Waals surface area contributed by atoms with Crippen molar-refractivity contribution in [3.8, 4) is 22.5 Å². The average molecular weight is 1140 g/mol. The Bertz CT molecular complexity index is 3180. The summed E-state index contributed by atoms with van der Waals surface area (Å²) in [4.78, 5) is 78.4. The minimum atomic E-state index is -4.62. The highest BCUT2D eigenvalue weighted by molar-refractivity contribution is 7.10. The zero-order valence-electron chi connectivity index (χ0n) is 50.5. The Labute approximate surface area is 481 Å². The standard InChI is InChI=1S/C60H80F3N11O6S/c1-35(2)50(71-19-16-59(31-71)17-20-72(32-59)56(77)53-51(68(53)6)37-10-11-37)54(75)66-45-27-48-65-46(30-81-48)38-12-15-47-41(25-38)43(28-58(4,5)34-80-57(78)44-9-8-18-74(67-44)55(45)76)52(73(47)33-60(61,62)63)42-26-40(29-64-49(42)36(3)79-7)70-23-21-69(22-24-70)39-13-14-39/h12,15,25-26,29-30,35-37,39,44-45,50-51,53,67H,8-11,13-14,16-24,27-28,31-34H2,1-7H3,(H,66,75)/t36-,44-,45-,50-,51+,53+,59-,68?/m0/s1/i6D3. The number of hydrogen-bond donors (Lipinski definition) is 2. The lowest BCUT2D eigenvalue weighted by atomic mass is 9.84. The summed E-state index contributed by atoms with van der Waals surface area (Å²) in [7, 11) is 1.56. The molecule has 1 unspecified atom stereocenters. The highest BCUT2D eigenvalue weighted by Crippen LogP contribution is 2.49. The molecule has 6 bridgehead atoms. The van der Waals surface area contributed by atoms with E-state index in [0.29, 0.717) is 94.7 Å². The van der Waals surface area contributed by atoms with Crippen molar-refractivity contribution in [2.24, 2.45) is 22.7 Å². The molecule has 21 heteroatoms. The predicted octanol–water partition coefficient (Wildman–Crippen LogP) is 7.07. The number of pyridine rings is 1. The zero-order valence-corrected chi connectivity index (χ0v) is 48.3. The molecule has 2 aliphatic carbocycles. The molecule has 81 heavy (non-hydrogen) atoms. The topological polar surface area (TPSA) is 161 Å². The number of aromatic nitrogens is 3. The first-order valence-electron chi connectivity index (χ1n) is 30.9. The summed E-state index contributed by atoms with van der Waals surface area (Å²) >= 11 is 1.32. The van der Waals surface area contributed by atoms with Crippen molar-refractivity contribution < 1.29 is 45.9 Å². The lowest BCUT2D eigenvalue weighted by molar-refractivity contribution is -0.155. The van der Waals surface area contributed by atoms with Crippen LogP contribution >= 0.6 is 11.3 Å². The second-order valence-electron chi connectivity index (χ2n) is 25.8. The number of alkyl halides is 3. The molecule has 6 aliphatic heterocycles. The summed E-state index contributed by atoms with van der Waals surface area (Å²) in [6.45, 7) is 11.7. The number of nitrogens with zero attached hydrogens (tertiary/aromatic N) is 9. The van der Waals surface area contributed by atoms with Crippen molar-refractivity contribution in [3.63, 3.8) is 0 Å². The van der Waals surface area contributed by atoms with E-state index in [9.17, 15) is 19.2 Å². The largest absolute Gasteiger partial charge is 0.464 e. The molecule has 17 nitrogen and oxygen atoms in total. The van der Waals surface area contributed by atoms with Crippen LogP contribution in [-0.2, 0) is 48.0 Å². The fourth-order valence-electron chi connectivity index (χ4n) is 14.0. The van der Waals surface area contributed by atoms with Crippen LogP contribution in [0.2, 0.25) is 0 Å². The second-order valence-corrected chi connectivity index (χ2v) is 26.7. The van der Waals surface area contributed by atoms with E-state index >= 15 is 13.2 Å². The first kappa shape index (κ1) is 52.6. The van der Waals surface area contributed by atoms with Crippen LogP contribution in [0.15, 0.2) is 35.8 Å². The number of benzene rings is 1. The van der Waals surface area contributed by atoms with Crippen molar-refractivity contribution in [1.29, 1.82) is 0 Å². The summed E-state index contributed by atoms with van der Waals surface area (Å²) in [6, 6.07) is 4.46.